The second-order valence-electron chi connectivity index (χ2n) is 5.59. The lowest BCUT2D eigenvalue weighted by Crippen LogP contribution is -2.02. The van der Waals surface area contributed by atoms with E-state index in [0.29, 0.717) is 22.5 Å². The standard InChI is InChI=1S/C15H14ClN3OS/c16-12-3-1-2-10(8-20)13(12)21-15-18-17-14(9-4-5-9)19(15)11-6-7-11/h1-3,8-9,11H,4-7H2. The second-order valence-corrected chi connectivity index (χ2v) is 6.98. The second kappa shape index (κ2) is 5.14. The summed E-state index contributed by atoms with van der Waals surface area (Å²) in [7, 11) is 0. The van der Waals surface area contributed by atoms with Crippen molar-refractivity contribution < 1.29 is 4.79 Å². The van der Waals surface area contributed by atoms with E-state index in [9.17, 15) is 4.79 Å². The molecular weight excluding hydrogens is 306 g/mol. The number of hydrogen-bond acceptors (Lipinski definition) is 4. The van der Waals surface area contributed by atoms with E-state index in [1.54, 1.807) is 18.2 Å². The Kier molecular flexibility index (Phi) is 3.27. The zero-order valence-corrected chi connectivity index (χ0v) is 12.9. The highest BCUT2D eigenvalue weighted by molar-refractivity contribution is 7.99. The molecule has 2 aromatic rings. The van der Waals surface area contributed by atoms with Gasteiger partial charge in [-0.2, -0.15) is 0 Å². The molecular formula is C15H14ClN3OS. The summed E-state index contributed by atoms with van der Waals surface area (Å²) >= 11 is 7.70. The molecule has 2 aliphatic carbocycles. The van der Waals surface area contributed by atoms with Crippen LogP contribution in [0.4, 0.5) is 0 Å². The molecule has 1 aromatic carbocycles. The maximum atomic E-state index is 11.2. The van der Waals surface area contributed by atoms with Crippen LogP contribution in [-0.4, -0.2) is 21.1 Å². The van der Waals surface area contributed by atoms with Gasteiger partial charge in [0.15, 0.2) is 11.4 Å². The lowest BCUT2D eigenvalue weighted by molar-refractivity contribution is 0.112. The monoisotopic (exact) mass is 319 g/mol. The summed E-state index contributed by atoms with van der Waals surface area (Å²) in [5.41, 5.74) is 0.603. The zero-order chi connectivity index (χ0) is 14.4. The summed E-state index contributed by atoms with van der Waals surface area (Å²) in [6.07, 6.45) is 5.64. The first-order valence-corrected chi connectivity index (χ1v) is 8.33. The highest BCUT2D eigenvalue weighted by Gasteiger charge is 2.36. The number of carbonyl (C=O) groups excluding carboxylic acids is 1. The van der Waals surface area contributed by atoms with Crippen LogP contribution in [0.5, 0.6) is 0 Å². The summed E-state index contributed by atoms with van der Waals surface area (Å²) in [6, 6.07) is 5.90. The Morgan fingerprint density at radius 1 is 1.24 bits per heavy atom. The van der Waals surface area contributed by atoms with Gasteiger partial charge in [-0.25, -0.2) is 0 Å². The molecule has 4 rings (SSSR count). The molecule has 0 radical (unpaired) electrons. The smallest absolute Gasteiger partial charge is 0.196 e. The van der Waals surface area contributed by atoms with Gasteiger partial charge in [0.2, 0.25) is 0 Å². The fraction of sp³-hybridized carbons (Fsp3) is 0.400. The van der Waals surface area contributed by atoms with Gasteiger partial charge in [0.1, 0.15) is 5.82 Å². The van der Waals surface area contributed by atoms with E-state index in [-0.39, 0.29) is 0 Å². The Balaban J connectivity index is 1.73. The normalized spacial score (nSPS) is 18.0. The maximum absolute atomic E-state index is 11.2. The predicted molar refractivity (Wildman–Crippen MR) is 81.2 cm³/mol. The largest absolute Gasteiger partial charge is 0.302 e. The molecule has 2 saturated carbocycles. The van der Waals surface area contributed by atoms with Crippen LogP contribution < -0.4 is 0 Å². The molecule has 6 heteroatoms. The van der Waals surface area contributed by atoms with E-state index in [4.69, 9.17) is 11.6 Å². The number of benzene rings is 1. The summed E-state index contributed by atoms with van der Waals surface area (Å²) in [6.45, 7) is 0. The van der Waals surface area contributed by atoms with Crippen molar-refractivity contribution in [3.8, 4) is 0 Å². The average Bonchev–Trinajstić information content (AvgIpc) is 3.40. The molecule has 0 saturated heterocycles. The number of aromatic nitrogens is 3. The van der Waals surface area contributed by atoms with Gasteiger partial charge in [0.25, 0.3) is 0 Å². The molecule has 2 fully saturated rings. The third-order valence-corrected chi connectivity index (χ3v) is 5.41. The SMILES string of the molecule is O=Cc1cccc(Cl)c1Sc1nnc(C2CC2)n1C1CC1. The van der Waals surface area contributed by atoms with Crippen molar-refractivity contribution in [1.82, 2.24) is 14.8 Å². The summed E-state index contributed by atoms with van der Waals surface area (Å²) in [5.74, 6) is 1.68. The van der Waals surface area contributed by atoms with E-state index in [1.165, 1.54) is 37.4 Å². The van der Waals surface area contributed by atoms with Crippen molar-refractivity contribution in [3.05, 3.63) is 34.6 Å². The van der Waals surface area contributed by atoms with Gasteiger partial charge in [0, 0.05) is 22.4 Å². The van der Waals surface area contributed by atoms with Crippen molar-refractivity contribution in [2.24, 2.45) is 0 Å². The Morgan fingerprint density at radius 2 is 2.05 bits per heavy atom. The average molecular weight is 320 g/mol. The van der Waals surface area contributed by atoms with Crippen molar-refractivity contribution in [1.29, 1.82) is 0 Å². The summed E-state index contributed by atoms with van der Waals surface area (Å²) in [4.78, 5) is 12.0. The van der Waals surface area contributed by atoms with Crippen molar-refractivity contribution in [2.75, 3.05) is 0 Å². The number of aldehydes is 1. The fourth-order valence-corrected chi connectivity index (χ4v) is 3.77. The highest BCUT2D eigenvalue weighted by atomic mass is 35.5. The van der Waals surface area contributed by atoms with Crippen molar-refractivity contribution >= 4 is 29.6 Å². The third kappa shape index (κ3) is 2.49. The van der Waals surface area contributed by atoms with Crippen molar-refractivity contribution in [2.45, 2.75) is 47.7 Å². The van der Waals surface area contributed by atoms with Gasteiger partial charge >= 0.3 is 0 Å². The van der Waals surface area contributed by atoms with Gasteiger partial charge < -0.3 is 4.57 Å². The predicted octanol–water partition coefficient (Wildman–Crippen LogP) is 4.11. The van der Waals surface area contributed by atoms with E-state index < -0.39 is 0 Å². The van der Waals surface area contributed by atoms with Crippen LogP contribution in [0.25, 0.3) is 0 Å². The molecule has 0 aliphatic heterocycles. The molecule has 0 unspecified atom stereocenters. The third-order valence-electron chi connectivity index (χ3n) is 3.86. The highest BCUT2D eigenvalue weighted by Crippen LogP contribution is 2.47. The van der Waals surface area contributed by atoms with Crippen LogP contribution in [0.2, 0.25) is 5.02 Å². The molecule has 4 nitrogen and oxygen atoms in total. The summed E-state index contributed by atoms with van der Waals surface area (Å²) < 4.78 is 2.26. The minimum absolute atomic E-state index is 0.528. The molecule has 0 atom stereocenters. The fourth-order valence-electron chi connectivity index (χ4n) is 2.47. The summed E-state index contributed by atoms with van der Waals surface area (Å²) in [5, 5.41) is 10.2. The number of hydrogen-bond donors (Lipinski definition) is 0. The van der Waals surface area contributed by atoms with E-state index in [2.05, 4.69) is 14.8 Å². The molecule has 108 valence electrons. The Labute approximate surface area is 131 Å². The molecule has 2 aliphatic rings. The first kappa shape index (κ1) is 13.3. The van der Waals surface area contributed by atoms with E-state index in [0.717, 1.165) is 22.2 Å². The van der Waals surface area contributed by atoms with Gasteiger partial charge in [-0.05, 0) is 43.5 Å². The van der Waals surface area contributed by atoms with Crippen LogP contribution in [-0.2, 0) is 0 Å². The zero-order valence-electron chi connectivity index (χ0n) is 11.3. The Bertz CT molecular complexity index is 707. The van der Waals surface area contributed by atoms with Gasteiger partial charge in [-0.15, -0.1) is 10.2 Å². The molecule has 0 spiro atoms. The van der Waals surface area contributed by atoms with Crippen molar-refractivity contribution in [3.63, 3.8) is 0 Å². The number of halogens is 1. The molecule has 0 bridgehead atoms. The first-order valence-electron chi connectivity index (χ1n) is 7.14. The molecule has 0 N–H and O–H groups in total. The van der Waals surface area contributed by atoms with Crippen LogP contribution >= 0.6 is 23.4 Å². The minimum Gasteiger partial charge on any atom is -0.302 e. The van der Waals surface area contributed by atoms with Gasteiger partial charge in [-0.3, -0.25) is 4.79 Å². The quantitative estimate of drug-likeness (QED) is 0.778. The van der Waals surface area contributed by atoms with E-state index >= 15 is 0 Å². The van der Waals surface area contributed by atoms with Crippen LogP contribution in [0.1, 0.15) is 53.8 Å². The molecule has 21 heavy (non-hydrogen) atoms. The van der Waals surface area contributed by atoms with Gasteiger partial charge in [-0.1, -0.05) is 23.7 Å². The lowest BCUT2D eigenvalue weighted by atomic mass is 10.2. The maximum Gasteiger partial charge on any atom is 0.196 e. The lowest BCUT2D eigenvalue weighted by Gasteiger charge is -2.10. The van der Waals surface area contributed by atoms with Crippen LogP contribution in [0.3, 0.4) is 0 Å². The van der Waals surface area contributed by atoms with Crippen LogP contribution in [0, 0.1) is 0 Å². The van der Waals surface area contributed by atoms with Gasteiger partial charge in [0.05, 0.1) is 5.02 Å². The topological polar surface area (TPSA) is 47.8 Å². The Hall–Kier alpha value is -1.33. The number of rotatable bonds is 5. The molecule has 1 heterocycles. The number of carbonyl (C=O) groups is 1. The first-order chi connectivity index (χ1) is 10.3. The number of nitrogens with zero attached hydrogens (tertiary/aromatic N) is 3. The molecule has 0 amide bonds. The molecule has 1 aromatic heterocycles. The van der Waals surface area contributed by atoms with E-state index in [1.807, 2.05) is 0 Å². The minimum atomic E-state index is 0.528. The Morgan fingerprint density at radius 3 is 2.71 bits per heavy atom. The van der Waals surface area contributed by atoms with Crippen LogP contribution in [0.15, 0.2) is 28.3 Å².